The van der Waals surface area contributed by atoms with E-state index in [1.165, 1.54) is 31.8 Å². The van der Waals surface area contributed by atoms with Crippen LogP contribution >= 0.6 is 0 Å². The second kappa shape index (κ2) is 5.86. The molecule has 3 rings (SSSR count). The lowest BCUT2D eigenvalue weighted by Crippen LogP contribution is -2.39. The van der Waals surface area contributed by atoms with E-state index in [9.17, 15) is 5.11 Å². The molecule has 20 heavy (non-hydrogen) atoms. The lowest BCUT2D eigenvalue weighted by Gasteiger charge is -2.34. The van der Waals surface area contributed by atoms with Crippen molar-refractivity contribution in [3.8, 4) is 0 Å². The molecular formula is C16H27N3O. The number of aromatic nitrogens is 2. The third-order valence-corrected chi connectivity index (χ3v) is 5.02. The van der Waals surface area contributed by atoms with Gasteiger partial charge in [-0.2, -0.15) is 0 Å². The molecular weight excluding hydrogens is 250 g/mol. The van der Waals surface area contributed by atoms with Gasteiger partial charge in [-0.3, -0.25) is 0 Å². The van der Waals surface area contributed by atoms with Gasteiger partial charge in [0.15, 0.2) is 0 Å². The van der Waals surface area contributed by atoms with Gasteiger partial charge in [0.25, 0.3) is 0 Å². The Bertz CT molecular complexity index is 447. The van der Waals surface area contributed by atoms with Crippen LogP contribution in [0.2, 0.25) is 0 Å². The molecule has 0 saturated carbocycles. The summed E-state index contributed by atoms with van der Waals surface area (Å²) in [6.45, 7) is 8.04. The molecule has 0 spiro atoms. The van der Waals surface area contributed by atoms with Gasteiger partial charge < -0.3 is 14.6 Å². The third-order valence-electron chi connectivity index (χ3n) is 5.02. The van der Waals surface area contributed by atoms with Crippen LogP contribution in [0.3, 0.4) is 0 Å². The zero-order valence-corrected chi connectivity index (χ0v) is 12.8. The zero-order chi connectivity index (χ0) is 14.1. The first kappa shape index (κ1) is 14.1. The highest BCUT2D eigenvalue weighted by atomic mass is 16.3. The summed E-state index contributed by atoms with van der Waals surface area (Å²) in [7, 11) is 0. The third kappa shape index (κ3) is 2.77. The fourth-order valence-corrected chi connectivity index (χ4v) is 3.64. The van der Waals surface area contributed by atoms with Crippen LogP contribution in [-0.2, 0) is 13.0 Å². The molecule has 112 valence electrons. The molecule has 2 aliphatic heterocycles. The molecule has 1 fully saturated rings. The highest BCUT2D eigenvalue weighted by molar-refractivity contribution is 5.11. The van der Waals surface area contributed by atoms with E-state index < -0.39 is 0 Å². The predicted molar refractivity (Wildman–Crippen MR) is 79.6 cm³/mol. The van der Waals surface area contributed by atoms with E-state index in [-0.39, 0.29) is 6.10 Å². The van der Waals surface area contributed by atoms with Crippen molar-refractivity contribution in [3.05, 3.63) is 17.7 Å². The molecule has 0 radical (unpaired) electrons. The summed E-state index contributed by atoms with van der Waals surface area (Å²) < 4.78 is 2.27. The van der Waals surface area contributed by atoms with Gasteiger partial charge in [0.05, 0.1) is 18.0 Å². The zero-order valence-electron chi connectivity index (χ0n) is 12.8. The molecule has 0 aliphatic carbocycles. The SMILES string of the molecule is CC(C)N1CCC(Cc2ncc3n2CCCC3O)CC1. The molecule has 4 nitrogen and oxygen atoms in total. The van der Waals surface area contributed by atoms with E-state index in [4.69, 9.17) is 0 Å². The summed E-state index contributed by atoms with van der Waals surface area (Å²) in [5.41, 5.74) is 1.03. The van der Waals surface area contributed by atoms with Gasteiger partial charge in [0.2, 0.25) is 0 Å². The van der Waals surface area contributed by atoms with Crippen molar-refractivity contribution in [2.24, 2.45) is 5.92 Å². The number of aliphatic hydroxyl groups excluding tert-OH is 1. The Balaban J connectivity index is 1.62. The van der Waals surface area contributed by atoms with Crippen molar-refractivity contribution >= 4 is 0 Å². The maximum Gasteiger partial charge on any atom is 0.109 e. The normalized spacial score (nSPS) is 25.1. The fourth-order valence-electron chi connectivity index (χ4n) is 3.64. The summed E-state index contributed by atoms with van der Waals surface area (Å²) >= 11 is 0. The molecule has 0 bridgehead atoms. The van der Waals surface area contributed by atoms with Crippen LogP contribution in [0.5, 0.6) is 0 Å². The molecule has 1 aromatic rings. The van der Waals surface area contributed by atoms with Gasteiger partial charge in [0.1, 0.15) is 5.82 Å². The predicted octanol–water partition coefficient (Wildman–Crippen LogP) is 2.37. The molecule has 0 amide bonds. The van der Waals surface area contributed by atoms with Crippen molar-refractivity contribution in [2.45, 2.75) is 64.6 Å². The molecule has 1 saturated heterocycles. The maximum atomic E-state index is 10.0. The average Bonchev–Trinajstić information content (AvgIpc) is 2.84. The lowest BCUT2D eigenvalue weighted by molar-refractivity contribution is 0.135. The molecule has 2 aliphatic rings. The second-order valence-corrected chi connectivity index (χ2v) is 6.69. The number of hydrogen-bond donors (Lipinski definition) is 1. The van der Waals surface area contributed by atoms with Crippen LogP contribution in [0.4, 0.5) is 0 Å². The summed E-state index contributed by atoms with van der Waals surface area (Å²) in [5.74, 6) is 1.96. The van der Waals surface area contributed by atoms with Gasteiger partial charge in [-0.1, -0.05) is 0 Å². The van der Waals surface area contributed by atoms with Gasteiger partial charge in [-0.15, -0.1) is 0 Å². The van der Waals surface area contributed by atoms with Crippen LogP contribution < -0.4 is 0 Å². The van der Waals surface area contributed by atoms with E-state index in [2.05, 4.69) is 28.3 Å². The number of likely N-dealkylation sites (tertiary alicyclic amines) is 1. The van der Waals surface area contributed by atoms with Crippen molar-refractivity contribution in [2.75, 3.05) is 13.1 Å². The number of imidazole rings is 1. The fraction of sp³-hybridized carbons (Fsp3) is 0.812. The molecule has 1 aromatic heterocycles. The smallest absolute Gasteiger partial charge is 0.109 e. The molecule has 3 heterocycles. The molecule has 4 heteroatoms. The van der Waals surface area contributed by atoms with E-state index in [1.807, 2.05) is 6.20 Å². The molecule has 0 aromatic carbocycles. The second-order valence-electron chi connectivity index (χ2n) is 6.69. The Morgan fingerprint density at radius 2 is 2.00 bits per heavy atom. The minimum atomic E-state index is -0.298. The first-order valence-electron chi connectivity index (χ1n) is 8.11. The Morgan fingerprint density at radius 1 is 1.25 bits per heavy atom. The summed E-state index contributed by atoms with van der Waals surface area (Å²) in [5, 5.41) is 10.0. The Morgan fingerprint density at radius 3 is 2.70 bits per heavy atom. The largest absolute Gasteiger partial charge is 0.387 e. The first-order valence-corrected chi connectivity index (χ1v) is 8.11. The number of piperidine rings is 1. The Kier molecular flexibility index (Phi) is 4.13. The Labute approximate surface area is 121 Å². The van der Waals surface area contributed by atoms with Crippen molar-refractivity contribution in [1.29, 1.82) is 0 Å². The molecule has 1 atom stereocenters. The molecule has 1 unspecified atom stereocenters. The average molecular weight is 277 g/mol. The van der Waals surface area contributed by atoms with E-state index >= 15 is 0 Å². The summed E-state index contributed by atoms with van der Waals surface area (Å²) in [4.78, 5) is 7.16. The highest BCUT2D eigenvalue weighted by Gasteiger charge is 2.25. The van der Waals surface area contributed by atoms with Crippen LogP contribution in [0, 0.1) is 5.92 Å². The topological polar surface area (TPSA) is 41.3 Å². The number of rotatable bonds is 3. The van der Waals surface area contributed by atoms with Gasteiger partial charge >= 0.3 is 0 Å². The van der Waals surface area contributed by atoms with Crippen LogP contribution in [0.15, 0.2) is 6.20 Å². The lowest BCUT2D eigenvalue weighted by atomic mass is 9.92. The summed E-state index contributed by atoms with van der Waals surface area (Å²) in [6.07, 6.45) is 7.20. The number of fused-ring (bicyclic) bond motifs is 1. The van der Waals surface area contributed by atoms with Crippen molar-refractivity contribution < 1.29 is 5.11 Å². The van der Waals surface area contributed by atoms with Gasteiger partial charge in [0, 0.05) is 19.0 Å². The van der Waals surface area contributed by atoms with Crippen molar-refractivity contribution in [1.82, 2.24) is 14.5 Å². The maximum absolute atomic E-state index is 10.0. The molecule has 1 N–H and O–H groups in total. The van der Waals surface area contributed by atoms with Crippen LogP contribution in [-0.4, -0.2) is 38.7 Å². The number of nitrogens with zero attached hydrogens (tertiary/aromatic N) is 3. The number of aliphatic hydroxyl groups is 1. The first-order chi connectivity index (χ1) is 9.65. The van der Waals surface area contributed by atoms with E-state index in [1.54, 1.807) is 0 Å². The quantitative estimate of drug-likeness (QED) is 0.922. The minimum Gasteiger partial charge on any atom is -0.387 e. The van der Waals surface area contributed by atoms with Crippen LogP contribution in [0.25, 0.3) is 0 Å². The standard InChI is InChI=1S/C16H27N3O/c1-12(2)18-8-5-13(6-9-18)10-16-17-11-14-15(20)4-3-7-19(14)16/h11-13,15,20H,3-10H2,1-2H3. The van der Waals surface area contributed by atoms with Crippen LogP contribution in [0.1, 0.15) is 57.2 Å². The Hall–Kier alpha value is -0.870. The minimum absolute atomic E-state index is 0.298. The summed E-state index contributed by atoms with van der Waals surface area (Å²) in [6, 6.07) is 0.672. The monoisotopic (exact) mass is 277 g/mol. The van der Waals surface area contributed by atoms with Gasteiger partial charge in [-0.05, 0) is 58.5 Å². The number of hydrogen-bond acceptors (Lipinski definition) is 3. The van der Waals surface area contributed by atoms with E-state index in [0.29, 0.717) is 6.04 Å². The van der Waals surface area contributed by atoms with Gasteiger partial charge in [-0.25, -0.2) is 4.98 Å². The van der Waals surface area contributed by atoms with E-state index in [0.717, 1.165) is 37.4 Å². The highest BCUT2D eigenvalue weighted by Crippen LogP contribution is 2.28. The van der Waals surface area contributed by atoms with Crippen molar-refractivity contribution in [3.63, 3.8) is 0 Å².